The van der Waals surface area contributed by atoms with Gasteiger partial charge in [-0.05, 0) is 32.6 Å². The summed E-state index contributed by atoms with van der Waals surface area (Å²) in [7, 11) is 0. The van der Waals surface area contributed by atoms with Crippen molar-refractivity contribution >= 4 is 11.9 Å². The number of nitrogens with one attached hydrogen (secondary N) is 1. The number of fused-ring (bicyclic) bond motifs is 1. The molecule has 1 atom stereocenters. The molecule has 6 heteroatoms. The molecule has 6 nitrogen and oxygen atoms in total. The molecule has 0 aliphatic heterocycles. The standard InChI is InChI=1S/C15H20N2O4/c1-2-3-8-11(15(19)20)16-14(18)13-10-7-5-4-6-9-12(10)21-17-13/h2-3,11H,4-9H2,1H3,(H,16,18)(H,19,20)/b3-2+. The third-order valence-electron chi connectivity index (χ3n) is 3.63. The van der Waals surface area contributed by atoms with E-state index < -0.39 is 17.9 Å². The minimum Gasteiger partial charge on any atom is -0.480 e. The van der Waals surface area contributed by atoms with Gasteiger partial charge >= 0.3 is 5.97 Å². The highest BCUT2D eigenvalue weighted by Crippen LogP contribution is 2.23. The van der Waals surface area contributed by atoms with Crippen molar-refractivity contribution in [3.05, 3.63) is 29.2 Å². The molecule has 1 unspecified atom stereocenters. The second kappa shape index (κ2) is 7.06. The van der Waals surface area contributed by atoms with Gasteiger partial charge in [-0.3, -0.25) is 4.79 Å². The minimum atomic E-state index is -1.06. The molecule has 21 heavy (non-hydrogen) atoms. The molecule has 1 aliphatic carbocycles. The van der Waals surface area contributed by atoms with Crippen molar-refractivity contribution in [2.45, 2.75) is 51.5 Å². The largest absolute Gasteiger partial charge is 0.480 e. The molecule has 0 spiro atoms. The van der Waals surface area contributed by atoms with Crippen LogP contribution in [0.25, 0.3) is 0 Å². The van der Waals surface area contributed by atoms with E-state index in [1.807, 2.05) is 0 Å². The second-order valence-electron chi connectivity index (χ2n) is 5.16. The van der Waals surface area contributed by atoms with Gasteiger partial charge in [0.15, 0.2) is 5.69 Å². The lowest BCUT2D eigenvalue weighted by atomic mass is 10.1. The Bertz CT molecular complexity index is 548. The van der Waals surface area contributed by atoms with E-state index in [2.05, 4.69) is 10.5 Å². The first-order chi connectivity index (χ1) is 10.1. The van der Waals surface area contributed by atoms with Crippen molar-refractivity contribution in [1.29, 1.82) is 0 Å². The summed E-state index contributed by atoms with van der Waals surface area (Å²) in [5.41, 5.74) is 1.07. The lowest BCUT2D eigenvalue weighted by Crippen LogP contribution is -2.40. The van der Waals surface area contributed by atoms with Crippen LogP contribution in [0, 0.1) is 0 Å². The fraction of sp³-hybridized carbons (Fsp3) is 0.533. The molecule has 2 N–H and O–H groups in total. The molecule has 0 fully saturated rings. The van der Waals surface area contributed by atoms with Crippen molar-refractivity contribution in [2.75, 3.05) is 0 Å². The number of aromatic nitrogens is 1. The quantitative estimate of drug-likeness (QED) is 0.640. The molecule has 1 aliphatic rings. The number of hydrogen-bond acceptors (Lipinski definition) is 4. The van der Waals surface area contributed by atoms with E-state index in [1.165, 1.54) is 0 Å². The van der Waals surface area contributed by atoms with E-state index in [4.69, 9.17) is 9.63 Å². The van der Waals surface area contributed by atoms with Gasteiger partial charge in [-0.2, -0.15) is 0 Å². The van der Waals surface area contributed by atoms with E-state index >= 15 is 0 Å². The van der Waals surface area contributed by atoms with Crippen LogP contribution in [0.5, 0.6) is 0 Å². The van der Waals surface area contributed by atoms with Gasteiger partial charge in [0.25, 0.3) is 5.91 Å². The molecule has 2 rings (SSSR count). The first-order valence-corrected chi connectivity index (χ1v) is 7.25. The van der Waals surface area contributed by atoms with Gasteiger partial charge in [-0.1, -0.05) is 23.7 Å². The summed E-state index contributed by atoms with van der Waals surface area (Å²) >= 11 is 0. The highest BCUT2D eigenvalue weighted by Gasteiger charge is 2.26. The van der Waals surface area contributed by atoms with Crippen molar-refractivity contribution < 1.29 is 19.2 Å². The van der Waals surface area contributed by atoms with Gasteiger partial charge in [0.2, 0.25) is 0 Å². The molecule has 1 amide bonds. The van der Waals surface area contributed by atoms with Gasteiger partial charge in [0.05, 0.1) is 0 Å². The first kappa shape index (κ1) is 15.3. The minimum absolute atomic E-state index is 0.235. The van der Waals surface area contributed by atoms with Gasteiger partial charge < -0.3 is 14.9 Å². The average Bonchev–Trinajstić information content (AvgIpc) is 2.72. The smallest absolute Gasteiger partial charge is 0.326 e. The van der Waals surface area contributed by atoms with Gasteiger partial charge in [0, 0.05) is 12.0 Å². The average molecular weight is 292 g/mol. The summed E-state index contributed by atoms with van der Waals surface area (Å²) in [6.45, 7) is 1.80. The van der Waals surface area contributed by atoms with Crippen molar-refractivity contribution in [3.8, 4) is 0 Å². The zero-order valence-electron chi connectivity index (χ0n) is 12.1. The molecular weight excluding hydrogens is 272 g/mol. The zero-order chi connectivity index (χ0) is 15.2. The highest BCUT2D eigenvalue weighted by molar-refractivity contribution is 5.96. The number of carbonyl (C=O) groups is 2. The number of carboxylic acids is 1. The summed E-state index contributed by atoms with van der Waals surface area (Å²) in [6, 6.07) is -0.952. The van der Waals surface area contributed by atoms with Crippen LogP contribution in [0.2, 0.25) is 0 Å². The fourth-order valence-corrected chi connectivity index (χ4v) is 2.46. The lowest BCUT2D eigenvalue weighted by molar-refractivity contribution is -0.139. The van der Waals surface area contributed by atoms with Crippen LogP contribution >= 0.6 is 0 Å². The van der Waals surface area contributed by atoms with E-state index in [-0.39, 0.29) is 12.1 Å². The van der Waals surface area contributed by atoms with E-state index in [1.54, 1.807) is 19.1 Å². The Morgan fingerprint density at radius 2 is 2.14 bits per heavy atom. The van der Waals surface area contributed by atoms with E-state index in [0.29, 0.717) is 0 Å². The van der Waals surface area contributed by atoms with Crippen LogP contribution in [-0.4, -0.2) is 28.2 Å². The van der Waals surface area contributed by atoms with Crippen LogP contribution in [0.4, 0.5) is 0 Å². The van der Waals surface area contributed by atoms with Gasteiger partial charge in [-0.25, -0.2) is 4.79 Å². The summed E-state index contributed by atoms with van der Waals surface area (Å²) in [5, 5.41) is 15.5. The Hall–Kier alpha value is -2.11. The third-order valence-corrected chi connectivity index (χ3v) is 3.63. The molecule has 0 saturated heterocycles. The molecule has 1 heterocycles. The lowest BCUT2D eigenvalue weighted by Gasteiger charge is -2.11. The maximum Gasteiger partial charge on any atom is 0.326 e. The number of amides is 1. The fourth-order valence-electron chi connectivity index (χ4n) is 2.46. The third kappa shape index (κ3) is 3.71. The van der Waals surface area contributed by atoms with Crippen LogP contribution in [0.15, 0.2) is 16.7 Å². The molecule has 0 bridgehead atoms. The highest BCUT2D eigenvalue weighted by atomic mass is 16.5. The Morgan fingerprint density at radius 3 is 2.86 bits per heavy atom. The number of aliphatic carboxylic acids is 1. The number of hydrogen-bond donors (Lipinski definition) is 2. The Kier molecular flexibility index (Phi) is 5.14. The first-order valence-electron chi connectivity index (χ1n) is 7.25. The number of nitrogens with zero attached hydrogens (tertiary/aromatic N) is 1. The van der Waals surface area contributed by atoms with Gasteiger partial charge in [-0.15, -0.1) is 0 Å². The molecule has 0 aromatic carbocycles. The van der Waals surface area contributed by atoms with Crippen molar-refractivity contribution in [1.82, 2.24) is 10.5 Å². The maximum atomic E-state index is 12.2. The monoisotopic (exact) mass is 292 g/mol. The SMILES string of the molecule is C/C=C/CC(NC(=O)c1noc2c1CCCCC2)C(=O)O. The number of allylic oxidation sites excluding steroid dienone is 1. The number of aryl methyl sites for hydroxylation is 1. The topological polar surface area (TPSA) is 92.4 Å². The van der Waals surface area contributed by atoms with Gasteiger partial charge in [0.1, 0.15) is 11.8 Å². The zero-order valence-corrected chi connectivity index (χ0v) is 12.1. The predicted octanol–water partition coefficient (Wildman–Crippen LogP) is 2.09. The summed E-state index contributed by atoms with van der Waals surface area (Å²) in [6.07, 6.45) is 8.39. The maximum absolute atomic E-state index is 12.2. The van der Waals surface area contributed by atoms with Crippen LogP contribution in [0.3, 0.4) is 0 Å². The molecule has 114 valence electrons. The normalized spacial score (nSPS) is 16.2. The number of carbonyl (C=O) groups excluding carboxylic acids is 1. The number of rotatable bonds is 5. The summed E-state index contributed by atoms with van der Waals surface area (Å²) in [4.78, 5) is 23.4. The Balaban J connectivity index is 2.12. The molecule has 1 aromatic rings. The Labute approximate surface area is 123 Å². The number of carboxylic acid groups (broad SMARTS) is 1. The van der Waals surface area contributed by atoms with Crippen molar-refractivity contribution in [3.63, 3.8) is 0 Å². The van der Waals surface area contributed by atoms with E-state index in [9.17, 15) is 9.59 Å². The van der Waals surface area contributed by atoms with Crippen LogP contribution in [-0.2, 0) is 17.6 Å². The van der Waals surface area contributed by atoms with Crippen molar-refractivity contribution in [2.24, 2.45) is 0 Å². The second-order valence-corrected chi connectivity index (χ2v) is 5.16. The van der Waals surface area contributed by atoms with Crippen LogP contribution < -0.4 is 5.32 Å². The Morgan fingerprint density at radius 1 is 1.38 bits per heavy atom. The summed E-state index contributed by atoms with van der Waals surface area (Å²) < 4.78 is 5.24. The molecule has 1 aromatic heterocycles. The molecular formula is C15H20N2O4. The molecule has 0 radical (unpaired) electrons. The van der Waals surface area contributed by atoms with E-state index in [0.717, 1.165) is 43.4 Å². The summed E-state index contributed by atoms with van der Waals surface area (Å²) in [5.74, 6) is -0.771. The predicted molar refractivity (Wildman–Crippen MR) is 76.1 cm³/mol. The molecule has 0 saturated carbocycles. The van der Waals surface area contributed by atoms with Crippen LogP contribution in [0.1, 0.15) is 54.4 Å².